The van der Waals surface area contributed by atoms with Gasteiger partial charge in [0.2, 0.25) is 0 Å². The minimum absolute atomic E-state index is 0.442. The Morgan fingerprint density at radius 2 is 2.24 bits per heavy atom. The lowest BCUT2D eigenvalue weighted by Gasteiger charge is -2.34. The quantitative estimate of drug-likeness (QED) is 0.862. The summed E-state index contributed by atoms with van der Waals surface area (Å²) >= 11 is 6.19. The van der Waals surface area contributed by atoms with Crippen LogP contribution in [0.5, 0.6) is 5.75 Å². The van der Waals surface area contributed by atoms with E-state index in [-0.39, 0.29) is 0 Å². The fourth-order valence-electron chi connectivity index (χ4n) is 2.43. The van der Waals surface area contributed by atoms with Crippen LogP contribution >= 0.6 is 11.6 Å². The van der Waals surface area contributed by atoms with Crippen molar-refractivity contribution in [3.05, 3.63) is 28.8 Å². The van der Waals surface area contributed by atoms with Gasteiger partial charge >= 0.3 is 0 Å². The summed E-state index contributed by atoms with van der Waals surface area (Å²) in [6.45, 7) is 3.14. The summed E-state index contributed by atoms with van der Waals surface area (Å²) in [5.74, 6) is 1.51. The molecule has 17 heavy (non-hydrogen) atoms. The Morgan fingerprint density at radius 3 is 2.71 bits per heavy atom. The summed E-state index contributed by atoms with van der Waals surface area (Å²) in [7, 11) is 1.65. The van der Waals surface area contributed by atoms with Crippen molar-refractivity contribution in [2.75, 3.05) is 13.7 Å². The van der Waals surface area contributed by atoms with Gasteiger partial charge in [-0.05, 0) is 43.0 Å². The number of nitrogens with one attached hydrogen (secondary N) is 1. The van der Waals surface area contributed by atoms with Gasteiger partial charge in [-0.2, -0.15) is 0 Å². The number of halogens is 1. The second-order valence-electron chi connectivity index (χ2n) is 4.62. The Bertz CT molecular complexity index is 376. The van der Waals surface area contributed by atoms with E-state index in [2.05, 4.69) is 18.3 Å². The molecule has 0 aliphatic heterocycles. The zero-order chi connectivity index (χ0) is 12.3. The van der Waals surface area contributed by atoms with Crippen LogP contribution in [0.15, 0.2) is 18.2 Å². The SMILES string of the molecule is CCNC(c1ccc(OC)c(Cl)c1)C1CCC1. The largest absolute Gasteiger partial charge is 0.495 e. The van der Waals surface area contributed by atoms with E-state index in [4.69, 9.17) is 16.3 Å². The van der Waals surface area contributed by atoms with Crippen LogP contribution < -0.4 is 10.1 Å². The molecule has 1 fully saturated rings. The standard InChI is InChI=1S/C14H20ClNO/c1-3-16-14(10-5-4-6-10)11-7-8-13(17-2)12(15)9-11/h7-10,14,16H,3-6H2,1-2H3. The maximum atomic E-state index is 6.19. The van der Waals surface area contributed by atoms with E-state index in [9.17, 15) is 0 Å². The highest BCUT2D eigenvalue weighted by atomic mass is 35.5. The van der Waals surface area contributed by atoms with E-state index in [0.29, 0.717) is 11.1 Å². The van der Waals surface area contributed by atoms with Crippen LogP contribution in [0.4, 0.5) is 0 Å². The van der Waals surface area contributed by atoms with Gasteiger partial charge in [0, 0.05) is 6.04 Å². The average molecular weight is 254 g/mol. The van der Waals surface area contributed by atoms with E-state index in [0.717, 1.165) is 18.2 Å². The lowest BCUT2D eigenvalue weighted by molar-refractivity contribution is 0.233. The highest BCUT2D eigenvalue weighted by molar-refractivity contribution is 6.32. The predicted octanol–water partition coefficient (Wildman–Crippen LogP) is 3.80. The van der Waals surface area contributed by atoms with Gasteiger partial charge in [0.15, 0.2) is 0 Å². The molecule has 1 unspecified atom stereocenters. The maximum absolute atomic E-state index is 6.19. The van der Waals surface area contributed by atoms with Gasteiger partial charge in [0.1, 0.15) is 5.75 Å². The Balaban J connectivity index is 2.19. The first-order valence-electron chi connectivity index (χ1n) is 6.33. The van der Waals surface area contributed by atoms with Crippen LogP contribution in [0.1, 0.15) is 37.8 Å². The number of ether oxygens (including phenoxy) is 1. The molecule has 3 heteroatoms. The van der Waals surface area contributed by atoms with Crippen molar-refractivity contribution >= 4 is 11.6 Å². The summed E-state index contributed by atoms with van der Waals surface area (Å²) in [4.78, 5) is 0. The number of hydrogen-bond acceptors (Lipinski definition) is 2. The van der Waals surface area contributed by atoms with Crippen molar-refractivity contribution < 1.29 is 4.74 Å². The molecular formula is C14H20ClNO. The van der Waals surface area contributed by atoms with Gasteiger partial charge in [0.05, 0.1) is 12.1 Å². The predicted molar refractivity (Wildman–Crippen MR) is 71.8 cm³/mol. The molecule has 1 saturated carbocycles. The van der Waals surface area contributed by atoms with Crippen molar-refractivity contribution in [2.24, 2.45) is 5.92 Å². The molecule has 0 amide bonds. The van der Waals surface area contributed by atoms with E-state index >= 15 is 0 Å². The van der Waals surface area contributed by atoms with Crippen molar-refractivity contribution in [1.82, 2.24) is 5.32 Å². The molecule has 0 bridgehead atoms. The van der Waals surface area contributed by atoms with Crippen molar-refractivity contribution in [1.29, 1.82) is 0 Å². The molecule has 1 atom stereocenters. The van der Waals surface area contributed by atoms with Crippen molar-refractivity contribution in [3.63, 3.8) is 0 Å². The van der Waals surface area contributed by atoms with Gasteiger partial charge < -0.3 is 10.1 Å². The summed E-state index contributed by atoms with van der Waals surface area (Å²) in [6.07, 6.45) is 4.00. The van der Waals surface area contributed by atoms with Crippen LogP contribution in [-0.2, 0) is 0 Å². The van der Waals surface area contributed by atoms with Gasteiger partial charge in [-0.1, -0.05) is 31.0 Å². The third kappa shape index (κ3) is 2.75. The highest BCUT2D eigenvalue weighted by Gasteiger charge is 2.28. The smallest absolute Gasteiger partial charge is 0.137 e. The molecule has 94 valence electrons. The molecule has 1 aliphatic rings. The fraction of sp³-hybridized carbons (Fsp3) is 0.571. The Labute approximate surface area is 108 Å². The lowest BCUT2D eigenvalue weighted by Crippen LogP contribution is -2.32. The van der Waals surface area contributed by atoms with Crippen LogP contribution in [0.25, 0.3) is 0 Å². The molecule has 1 N–H and O–H groups in total. The molecule has 0 saturated heterocycles. The summed E-state index contributed by atoms with van der Waals surface area (Å²) < 4.78 is 5.19. The molecule has 0 heterocycles. The molecule has 1 aliphatic carbocycles. The van der Waals surface area contributed by atoms with Crippen LogP contribution in [0.2, 0.25) is 5.02 Å². The molecule has 1 aromatic carbocycles. The fourth-order valence-corrected chi connectivity index (χ4v) is 2.69. The zero-order valence-corrected chi connectivity index (χ0v) is 11.3. The second-order valence-corrected chi connectivity index (χ2v) is 5.03. The third-order valence-electron chi connectivity index (χ3n) is 3.58. The average Bonchev–Trinajstić information content (AvgIpc) is 2.26. The van der Waals surface area contributed by atoms with E-state index in [1.165, 1.54) is 24.8 Å². The highest BCUT2D eigenvalue weighted by Crippen LogP contribution is 2.39. The molecule has 0 spiro atoms. The Kier molecular flexibility index (Phi) is 4.30. The number of benzene rings is 1. The minimum atomic E-state index is 0.442. The summed E-state index contributed by atoms with van der Waals surface area (Å²) in [5.41, 5.74) is 1.28. The van der Waals surface area contributed by atoms with Crippen molar-refractivity contribution in [2.45, 2.75) is 32.2 Å². The Hall–Kier alpha value is -0.730. The Morgan fingerprint density at radius 1 is 1.47 bits per heavy atom. The third-order valence-corrected chi connectivity index (χ3v) is 3.88. The van der Waals surface area contributed by atoms with Crippen LogP contribution in [0.3, 0.4) is 0 Å². The number of methoxy groups -OCH3 is 1. The second kappa shape index (κ2) is 5.74. The molecular weight excluding hydrogens is 234 g/mol. The molecule has 2 rings (SSSR count). The molecule has 2 nitrogen and oxygen atoms in total. The van der Waals surface area contributed by atoms with Gasteiger partial charge in [-0.15, -0.1) is 0 Å². The van der Waals surface area contributed by atoms with Gasteiger partial charge in [-0.25, -0.2) is 0 Å². The summed E-state index contributed by atoms with van der Waals surface area (Å²) in [5, 5.41) is 4.27. The first-order chi connectivity index (χ1) is 8.26. The van der Waals surface area contributed by atoms with E-state index < -0.39 is 0 Å². The molecule has 0 aromatic heterocycles. The topological polar surface area (TPSA) is 21.3 Å². The van der Waals surface area contributed by atoms with Crippen LogP contribution in [0, 0.1) is 5.92 Å². The normalized spacial score (nSPS) is 17.6. The van der Waals surface area contributed by atoms with Crippen molar-refractivity contribution in [3.8, 4) is 5.75 Å². The minimum Gasteiger partial charge on any atom is -0.495 e. The number of rotatable bonds is 5. The first-order valence-corrected chi connectivity index (χ1v) is 6.71. The molecule has 0 radical (unpaired) electrons. The first kappa shape index (κ1) is 12.7. The number of hydrogen-bond donors (Lipinski definition) is 1. The van der Waals surface area contributed by atoms with E-state index in [1.54, 1.807) is 7.11 Å². The lowest BCUT2D eigenvalue weighted by atomic mass is 9.77. The zero-order valence-electron chi connectivity index (χ0n) is 10.5. The maximum Gasteiger partial charge on any atom is 0.137 e. The summed E-state index contributed by atoms with van der Waals surface area (Å²) in [6, 6.07) is 6.56. The van der Waals surface area contributed by atoms with Gasteiger partial charge in [-0.3, -0.25) is 0 Å². The van der Waals surface area contributed by atoms with E-state index in [1.807, 2.05) is 12.1 Å². The monoisotopic (exact) mass is 253 g/mol. The molecule has 1 aromatic rings. The van der Waals surface area contributed by atoms with Gasteiger partial charge in [0.25, 0.3) is 0 Å². The van der Waals surface area contributed by atoms with Crippen LogP contribution in [-0.4, -0.2) is 13.7 Å².